The van der Waals surface area contributed by atoms with Crippen molar-refractivity contribution >= 4 is 23.5 Å². The van der Waals surface area contributed by atoms with Crippen LogP contribution in [0.25, 0.3) is 0 Å². The van der Waals surface area contributed by atoms with Gasteiger partial charge in [-0.1, -0.05) is 19.9 Å². The Kier molecular flexibility index (Phi) is 3.83. The number of aliphatic carboxylic acids is 1. The molecule has 1 aromatic rings. The summed E-state index contributed by atoms with van der Waals surface area (Å²) in [6, 6.07) is 3.18. The molecule has 1 rings (SSSR count). The van der Waals surface area contributed by atoms with E-state index in [4.69, 9.17) is 5.11 Å². The molecule has 0 aliphatic rings. The molecule has 14 heavy (non-hydrogen) atoms. The van der Waals surface area contributed by atoms with Crippen LogP contribution in [0.4, 0.5) is 0 Å². The van der Waals surface area contributed by atoms with E-state index in [1.54, 1.807) is 17.6 Å². The molecular weight excluding hydrogens is 198 g/mol. The van der Waals surface area contributed by atoms with Crippen LogP contribution >= 0.6 is 11.3 Å². The second-order valence-corrected chi connectivity index (χ2v) is 4.30. The summed E-state index contributed by atoms with van der Waals surface area (Å²) in [5.74, 6) is -0.850. The van der Waals surface area contributed by atoms with Crippen LogP contribution in [0.5, 0.6) is 0 Å². The zero-order valence-electron chi connectivity index (χ0n) is 8.18. The number of thiophene rings is 1. The lowest BCUT2D eigenvalue weighted by atomic mass is 10.1. The first-order valence-corrected chi connectivity index (χ1v) is 5.28. The highest BCUT2D eigenvalue weighted by Gasteiger charge is 2.19. The highest BCUT2D eigenvalue weighted by molar-refractivity contribution is 7.11. The maximum atomic E-state index is 10.8. The monoisotopic (exact) mass is 211 g/mol. The number of carboxylic acid groups (broad SMARTS) is 1. The molecule has 3 nitrogen and oxygen atoms in total. The van der Waals surface area contributed by atoms with Gasteiger partial charge in [0.2, 0.25) is 0 Å². The van der Waals surface area contributed by atoms with Crippen LogP contribution in [-0.2, 0) is 4.79 Å². The van der Waals surface area contributed by atoms with E-state index in [0.29, 0.717) is 0 Å². The van der Waals surface area contributed by atoms with Gasteiger partial charge in [-0.25, -0.2) is 4.79 Å². The van der Waals surface area contributed by atoms with Gasteiger partial charge in [0.25, 0.3) is 0 Å². The predicted molar refractivity (Wildman–Crippen MR) is 58.2 cm³/mol. The van der Waals surface area contributed by atoms with Crippen molar-refractivity contribution in [3.05, 3.63) is 22.4 Å². The Balaban J connectivity index is 2.69. The first-order chi connectivity index (χ1) is 6.61. The van der Waals surface area contributed by atoms with E-state index in [1.807, 2.05) is 31.4 Å². The molecule has 0 aromatic carbocycles. The molecule has 0 saturated carbocycles. The molecule has 1 heterocycles. The molecule has 0 saturated heterocycles. The van der Waals surface area contributed by atoms with E-state index in [-0.39, 0.29) is 5.92 Å². The summed E-state index contributed by atoms with van der Waals surface area (Å²) >= 11 is 1.55. The largest absolute Gasteiger partial charge is 0.480 e. The van der Waals surface area contributed by atoms with Gasteiger partial charge in [0.15, 0.2) is 0 Å². The Morgan fingerprint density at radius 1 is 1.64 bits per heavy atom. The smallest absolute Gasteiger partial charge is 0.328 e. The first-order valence-electron chi connectivity index (χ1n) is 4.40. The third-order valence-corrected chi connectivity index (χ3v) is 2.60. The number of nitrogens with zero attached hydrogens (tertiary/aromatic N) is 1. The third-order valence-electron chi connectivity index (χ3n) is 1.79. The fourth-order valence-corrected chi connectivity index (χ4v) is 1.63. The van der Waals surface area contributed by atoms with Crippen LogP contribution in [0.2, 0.25) is 0 Å². The van der Waals surface area contributed by atoms with E-state index in [2.05, 4.69) is 4.99 Å². The molecule has 0 amide bonds. The van der Waals surface area contributed by atoms with Gasteiger partial charge in [0, 0.05) is 11.1 Å². The Morgan fingerprint density at radius 2 is 2.36 bits per heavy atom. The quantitative estimate of drug-likeness (QED) is 0.777. The second kappa shape index (κ2) is 4.91. The fraction of sp³-hybridized carbons (Fsp3) is 0.400. The number of carboxylic acids is 1. The molecule has 0 aliphatic carbocycles. The summed E-state index contributed by atoms with van der Waals surface area (Å²) in [5.41, 5.74) is 0. The maximum absolute atomic E-state index is 10.8. The Bertz CT molecular complexity index is 317. The molecular formula is C10H13NO2S. The van der Waals surface area contributed by atoms with Gasteiger partial charge < -0.3 is 5.11 Å². The lowest BCUT2D eigenvalue weighted by Gasteiger charge is -2.09. The zero-order chi connectivity index (χ0) is 10.6. The average Bonchev–Trinajstić information content (AvgIpc) is 2.55. The summed E-state index contributed by atoms with van der Waals surface area (Å²) in [4.78, 5) is 15.8. The van der Waals surface area contributed by atoms with Crippen LogP contribution in [0, 0.1) is 5.92 Å². The standard InChI is InChI=1S/C10H13NO2S/c1-7(2)9(10(12)13)11-6-8-4-3-5-14-8/h3-7,9H,1-2H3,(H,12,13). The van der Waals surface area contributed by atoms with E-state index in [9.17, 15) is 4.79 Å². The second-order valence-electron chi connectivity index (χ2n) is 3.32. The van der Waals surface area contributed by atoms with Gasteiger partial charge in [-0.3, -0.25) is 4.99 Å². The van der Waals surface area contributed by atoms with Gasteiger partial charge in [-0.05, 0) is 17.4 Å². The minimum absolute atomic E-state index is 0.0173. The molecule has 1 aromatic heterocycles. The molecule has 1 atom stereocenters. The zero-order valence-corrected chi connectivity index (χ0v) is 8.99. The molecule has 0 radical (unpaired) electrons. The lowest BCUT2D eigenvalue weighted by Crippen LogP contribution is -2.23. The summed E-state index contributed by atoms with van der Waals surface area (Å²) in [6.45, 7) is 3.70. The van der Waals surface area contributed by atoms with Gasteiger partial charge >= 0.3 is 5.97 Å². The SMILES string of the molecule is CC(C)C(N=Cc1cccs1)C(=O)O. The number of aliphatic imine (C=N–C) groups is 1. The third kappa shape index (κ3) is 2.96. The number of hydrogen-bond donors (Lipinski definition) is 1. The van der Waals surface area contributed by atoms with Crippen molar-refractivity contribution in [3.63, 3.8) is 0 Å². The van der Waals surface area contributed by atoms with Gasteiger partial charge in [-0.2, -0.15) is 0 Å². The average molecular weight is 211 g/mol. The molecule has 0 spiro atoms. The Hall–Kier alpha value is -1.16. The van der Waals surface area contributed by atoms with E-state index < -0.39 is 12.0 Å². The topological polar surface area (TPSA) is 49.7 Å². The fourth-order valence-electron chi connectivity index (χ4n) is 1.04. The van der Waals surface area contributed by atoms with Crippen molar-refractivity contribution in [1.82, 2.24) is 0 Å². The number of rotatable bonds is 4. The molecule has 76 valence electrons. The maximum Gasteiger partial charge on any atom is 0.328 e. The molecule has 0 aliphatic heterocycles. The van der Waals surface area contributed by atoms with Gasteiger partial charge in [0.1, 0.15) is 6.04 Å². The molecule has 0 fully saturated rings. The summed E-state index contributed by atoms with van der Waals surface area (Å²) < 4.78 is 0. The molecule has 1 N–H and O–H groups in total. The van der Waals surface area contributed by atoms with Gasteiger partial charge in [0.05, 0.1) is 0 Å². The van der Waals surface area contributed by atoms with Crippen LogP contribution in [0.3, 0.4) is 0 Å². The molecule has 0 bridgehead atoms. The van der Waals surface area contributed by atoms with Crippen molar-refractivity contribution in [3.8, 4) is 0 Å². The van der Waals surface area contributed by atoms with E-state index >= 15 is 0 Å². The van der Waals surface area contributed by atoms with Crippen molar-refractivity contribution < 1.29 is 9.90 Å². The van der Waals surface area contributed by atoms with E-state index in [0.717, 1.165) is 4.88 Å². The van der Waals surface area contributed by atoms with Gasteiger partial charge in [-0.15, -0.1) is 11.3 Å². The van der Waals surface area contributed by atoms with Crippen molar-refractivity contribution in [1.29, 1.82) is 0 Å². The van der Waals surface area contributed by atoms with Crippen molar-refractivity contribution in [2.45, 2.75) is 19.9 Å². The number of hydrogen-bond acceptors (Lipinski definition) is 3. The highest BCUT2D eigenvalue weighted by atomic mass is 32.1. The van der Waals surface area contributed by atoms with E-state index in [1.165, 1.54) is 0 Å². The predicted octanol–water partition coefficient (Wildman–Crippen LogP) is 2.28. The van der Waals surface area contributed by atoms with Crippen molar-refractivity contribution in [2.24, 2.45) is 10.9 Å². The van der Waals surface area contributed by atoms with Crippen LogP contribution in [0.1, 0.15) is 18.7 Å². The minimum Gasteiger partial charge on any atom is -0.480 e. The number of carbonyl (C=O) groups is 1. The normalized spacial score (nSPS) is 13.6. The summed E-state index contributed by atoms with van der Waals surface area (Å²) in [5, 5.41) is 10.8. The molecule has 4 heteroatoms. The summed E-state index contributed by atoms with van der Waals surface area (Å²) in [7, 11) is 0. The lowest BCUT2D eigenvalue weighted by molar-refractivity contribution is -0.139. The molecule has 1 unspecified atom stereocenters. The minimum atomic E-state index is -0.868. The summed E-state index contributed by atoms with van der Waals surface area (Å²) in [6.07, 6.45) is 1.63. The first kappa shape index (κ1) is 10.9. The van der Waals surface area contributed by atoms with Crippen LogP contribution in [-0.4, -0.2) is 23.3 Å². The Labute approximate surface area is 87.1 Å². The van der Waals surface area contributed by atoms with Crippen LogP contribution < -0.4 is 0 Å². The Morgan fingerprint density at radius 3 is 2.79 bits per heavy atom. The van der Waals surface area contributed by atoms with Crippen molar-refractivity contribution in [2.75, 3.05) is 0 Å². The highest BCUT2D eigenvalue weighted by Crippen LogP contribution is 2.09. The van der Waals surface area contributed by atoms with Crippen LogP contribution in [0.15, 0.2) is 22.5 Å².